The molecule has 2 aliphatic heterocycles. The van der Waals surface area contributed by atoms with Crippen LogP contribution in [0.4, 0.5) is 0 Å². The number of hydrogen-bond donors (Lipinski definition) is 3. The largest absolute Gasteiger partial charge is 0.374 e. The lowest BCUT2D eigenvalue weighted by molar-refractivity contribution is -0.293. The molecule has 3 N–H and O–H groups in total. The number of fused-ring (bicyclic) bond motifs is 1. The number of carbonyl (C=O) groups excluding carboxylic acids is 1. The maximum absolute atomic E-state index is 15.1. The molecule has 2 aliphatic rings. The number of aromatic amines is 1. The van der Waals surface area contributed by atoms with Crippen LogP contribution in [-0.2, 0) is 70.8 Å². The Morgan fingerprint density at radius 2 is 1.22 bits per heavy atom. The molecule has 6 atom stereocenters. The average Bonchev–Trinajstić information content (AvgIpc) is 3.74. The molecule has 0 radical (unpaired) electrons. The smallest absolute Gasteiger partial charge is 0.237 e. The molecule has 2 fully saturated rings. The normalized spacial score (nSPS) is 21.7. The van der Waals surface area contributed by atoms with Gasteiger partial charge in [-0.15, -0.1) is 0 Å². The van der Waals surface area contributed by atoms with Crippen LogP contribution in [0.15, 0.2) is 152 Å². The summed E-state index contributed by atoms with van der Waals surface area (Å²) in [5, 5.41) is 8.05. The number of carbonyl (C=O) groups is 1. The van der Waals surface area contributed by atoms with Crippen molar-refractivity contribution in [3.05, 3.63) is 180 Å². The zero-order chi connectivity index (χ0) is 44.0. The Morgan fingerprint density at radius 1 is 0.688 bits per heavy atom. The molecule has 1 amide bonds. The highest BCUT2D eigenvalue weighted by Crippen LogP contribution is 2.31. The first-order chi connectivity index (χ1) is 31.4. The van der Waals surface area contributed by atoms with E-state index in [0.29, 0.717) is 45.8 Å². The van der Waals surface area contributed by atoms with Gasteiger partial charge in [0.25, 0.3) is 0 Å². The minimum atomic E-state index is -0.937. The molecule has 0 spiro atoms. The summed E-state index contributed by atoms with van der Waals surface area (Å²) in [6.45, 7) is 7.33. The van der Waals surface area contributed by atoms with Crippen molar-refractivity contribution in [3.8, 4) is 0 Å². The second-order valence-corrected chi connectivity index (χ2v) is 17.5. The van der Waals surface area contributed by atoms with E-state index in [9.17, 15) is 0 Å². The predicted octanol–water partition coefficient (Wildman–Crippen LogP) is 8.27. The molecule has 0 bridgehead atoms. The molecule has 11 nitrogen and oxygen atoms in total. The van der Waals surface area contributed by atoms with Crippen LogP contribution in [0.25, 0.3) is 10.9 Å². The van der Waals surface area contributed by atoms with Gasteiger partial charge in [-0.05, 0) is 40.3 Å². The lowest BCUT2D eigenvalue weighted by Gasteiger charge is -2.46. The first-order valence-electron chi connectivity index (χ1n) is 22.4. The molecule has 8 rings (SSSR count). The van der Waals surface area contributed by atoms with Gasteiger partial charge in [-0.25, -0.2) is 0 Å². The molecule has 3 heterocycles. The molecule has 1 aromatic heterocycles. The fourth-order valence-electron chi connectivity index (χ4n) is 8.20. The second-order valence-electron chi connectivity index (χ2n) is 17.5. The van der Waals surface area contributed by atoms with Crippen molar-refractivity contribution in [2.45, 2.75) is 96.1 Å². The number of rotatable bonds is 21. The van der Waals surface area contributed by atoms with Gasteiger partial charge in [0.2, 0.25) is 5.91 Å². The van der Waals surface area contributed by atoms with Crippen molar-refractivity contribution in [3.63, 3.8) is 0 Å². The number of H-pyrrole nitrogens is 1. The number of benzene rings is 5. The van der Waals surface area contributed by atoms with Crippen LogP contribution in [0.1, 0.15) is 48.1 Å². The summed E-state index contributed by atoms with van der Waals surface area (Å²) in [7, 11) is 0. The molecule has 6 aromatic rings. The summed E-state index contributed by atoms with van der Waals surface area (Å²) < 4.78 is 46.0. The van der Waals surface area contributed by atoms with Crippen LogP contribution < -0.4 is 10.6 Å². The Bertz CT molecular complexity index is 2280. The van der Waals surface area contributed by atoms with Gasteiger partial charge in [0, 0.05) is 35.5 Å². The Morgan fingerprint density at radius 3 is 1.83 bits per heavy atom. The van der Waals surface area contributed by atoms with Crippen LogP contribution in [-0.4, -0.2) is 80.2 Å². The fourth-order valence-corrected chi connectivity index (χ4v) is 8.20. The number of aromatic nitrogens is 1. The SMILES string of the molecule is CC1(C)COC(CCN[C@@H](Cc2c[nH]c3ccccc23)C(=O)N[C@H]2[C@@H](OCc3ccccc3)O[C@H](COCc3ccccc3)[C@@H](OCc3ccccc3)[C@@H]2OCc2ccccc2)OC1. The van der Waals surface area contributed by atoms with Crippen LogP contribution in [0.5, 0.6) is 0 Å². The Hall–Kier alpha value is -5.21. The first kappa shape index (κ1) is 45.4. The molecule has 5 aromatic carbocycles. The summed E-state index contributed by atoms with van der Waals surface area (Å²) >= 11 is 0. The fraction of sp³-hybridized carbons (Fsp3) is 0.377. The van der Waals surface area contributed by atoms with Crippen molar-refractivity contribution in [2.24, 2.45) is 5.41 Å². The third-order valence-corrected chi connectivity index (χ3v) is 11.7. The quantitative estimate of drug-likeness (QED) is 0.0657. The van der Waals surface area contributed by atoms with Crippen molar-refractivity contribution >= 4 is 16.8 Å². The van der Waals surface area contributed by atoms with Gasteiger partial charge in [0.1, 0.15) is 24.4 Å². The highest BCUT2D eigenvalue weighted by molar-refractivity contribution is 5.86. The maximum atomic E-state index is 15.1. The molecule has 11 heteroatoms. The topological polar surface area (TPSA) is 122 Å². The zero-order valence-corrected chi connectivity index (χ0v) is 36.8. The summed E-state index contributed by atoms with van der Waals surface area (Å²) in [5.41, 5.74) is 5.96. The van der Waals surface area contributed by atoms with E-state index >= 15 is 4.79 Å². The number of hydrogen-bond acceptors (Lipinski definition) is 9. The van der Waals surface area contributed by atoms with Crippen LogP contribution >= 0.6 is 0 Å². The minimum absolute atomic E-state index is 0.0440. The molecule has 0 aliphatic carbocycles. The molecule has 0 unspecified atom stereocenters. The lowest BCUT2D eigenvalue weighted by Crippen LogP contribution is -2.67. The lowest BCUT2D eigenvalue weighted by atomic mass is 9.95. The van der Waals surface area contributed by atoms with E-state index in [0.717, 1.165) is 38.7 Å². The number of amides is 1. The van der Waals surface area contributed by atoms with Gasteiger partial charge in [0.05, 0.1) is 52.3 Å². The molecular weight excluding hydrogens is 807 g/mol. The third-order valence-electron chi connectivity index (χ3n) is 11.7. The van der Waals surface area contributed by atoms with Gasteiger partial charge in [-0.3, -0.25) is 4.79 Å². The van der Waals surface area contributed by atoms with Gasteiger partial charge in [0.15, 0.2) is 12.6 Å². The monoisotopic (exact) mass is 867 g/mol. The average molecular weight is 868 g/mol. The zero-order valence-electron chi connectivity index (χ0n) is 36.8. The van der Waals surface area contributed by atoms with Crippen molar-refractivity contribution in [1.29, 1.82) is 0 Å². The number of para-hydroxylation sites is 1. The van der Waals surface area contributed by atoms with Gasteiger partial charge in [-0.1, -0.05) is 153 Å². The Balaban J connectivity index is 1.10. The Kier molecular flexibility index (Phi) is 16.0. The van der Waals surface area contributed by atoms with Crippen molar-refractivity contribution < 1.29 is 38.0 Å². The minimum Gasteiger partial charge on any atom is -0.374 e. The van der Waals surface area contributed by atoms with E-state index < -0.39 is 36.7 Å². The summed E-state index contributed by atoms with van der Waals surface area (Å²) in [4.78, 5) is 18.5. The van der Waals surface area contributed by atoms with Crippen molar-refractivity contribution in [2.75, 3.05) is 26.4 Å². The molecular formula is C53H61N3O8. The summed E-state index contributed by atoms with van der Waals surface area (Å²) in [6, 6.07) is 46.7. The molecule has 336 valence electrons. The second kappa shape index (κ2) is 22.6. The third kappa shape index (κ3) is 12.7. The summed E-state index contributed by atoms with van der Waals surface area (Å²) in [5.74, 6) is -0.229. The van der Waals surface area contributed by atoms with Crippen molar-refractivity contribution in [1.82, 2.24) is 15.6 Å². The highest BCUT2D eigenvalue weighted by Gasteiger charge is 2.49. The number of ether oxygens (including phenoxy) is 7. The highest BCUT2D eigenvalue weighted by atomic mass is 16.7. The predicted molar refractivity (Wildman–Crippen MR) is 246 cm³/mol. The number of nitrogens with one attached hydrogen (secondary N) is 3. The van der Waals surface area contributed by atoms with Gasteiger partial charge < -0.3 is 48.8 Å². The summed E-state index contributed by atoms with van der Waals surface area (Å²) in [6.07, 6.45) is -0.351. The van der Waals surface area contributed by atoms with E-state index in [1.807, 2.05) is 146 Å². The van der Waals surface area contributed by atoms with Gasteiger partial charge >= 0.3 is 0 Å². The van der Waals surface area contributed by atoms with E-state index in [4.69, 9.17) is 33.2 Å². The van der Waals surface area contributed by atoms with Crippen LogP contribution in [0, 0.1) is 5.41 Å². The van der Waals surface area contributed by atoms with Gasteiger partial charge in [-0.2, -0.15) is 0 Å². The van der Waals surface area contributed by atoms with Crippen LogP contribution in [0.2, 0.25) is 0 Å². The van der Waals surface area contributed by atoms with E-state index in [-0.39, 0.29) is 37.4 Å². The van der Waals surface area contributed by atoms with Crippen LogP contribution in [0.3, 0.4) is 0 Å². The standard InChI is InChI=1S/C53H61N3O8/c1-53(2)36-62-47(63-37-53)27-28-54-45(29-42-30-55-44-26-16-15-25-43(42)44)51(57)56-48-50(60-33-40-21-11-5-12-22-40)49(59-32-39-19-9-4-10-20-39)46(35-58-31-38-17-7-3-8-18-38)64-52(48)61-34-41-23-13-6-14-24-41/h3-26,30,45-50,52,54-55H,27-29,31-37H2,1-2H3,(H,56,57)/t45-,46+,48+,49+,50+,52-/m0/s1. The first-order valence-corrected chi connectivity index (χ1v) is 22.4. The van der Waals surface area contributed by atoms with E-state index in [2.05, 4.69) is 35.5 Å². The molecule has 2 saturated heterocycles. The molecule has 64 heavy (non-hydrogen) atoms. The van der Waals surface area contributed by atoms with E-state index in [1.54, 1.807) is 0 Å². The maximum Gasteiger partial charge on any atom is 0.237 e. The van der Waals surface area contributed by atoms with E-state index in [1.165, 1.54) is 0 Å². The Labute approximate surface area is 376 Å². The molecule has 0 saturated carbocycles.